The van der Waals surface area contributed by atoms with Crippen molar-refractivity contribution in [2.45, 2.75) is 41.2 Å². The average molecular weight is 399 g/mol. The molecule has 3 aromatic rings. The van der Waals surface area contributed by atoms with Crippen molar-refractivity contribution in [3.8, 4) is 0 Å². The summed E-state index contributed by atoms with van der Waals surface area (Å²) in [6.45, 7) is 10.8. The lowest BCUT2D eigenvalue weighted by Gasteiger charge is -2.24. The molecule has 1 N–H and O–H groups in total. The molecule has 152 valence electrons. The van der Waals surface area contributed by atoms with Crippen LogP contribution in [-0.2, 0) is 11.3 Å². The first kappa shape index (κ1) is 19.9. The van der Waals surface area contributed by atoms with E-state index in [9.17, 15) is 9.90 Å². The van der Waals surface area contributed by atoms with Gasteiger partial charge in [-0.15, -0.1) is 0 Å². The zero-order valence-corrected chi connectivity index (χ0v) is 18.1. The Morgan fingerprint density at radius 3 is 2.30 bits per heavy atom. The van der Waals surface area contributed by atoms with Crippen molar-refractivity contribution in [1.29, 1.82) is 0 Å². The molecule has 0 amide bonds. The second-order valence-corrected chi connectivity index (χ2v) is 7.24. The van der Waals surface area contributed by atoms with Crippen LogP contribution in [0.25, 0.3) is 22.0 Å². The summed E-state index contributed by atoms with van der Waals surface area (Å²) in [5.41, 5.74) is 6.98. The minimum absolute atomic E-state index is 0.0772. The van der Waals surface area contributed by atoms with Gasteiger partial charge in [-0.25, -0.2) is 0 Å². The second-order valence-electron chi connectivity index (χ2n) is 7.24. The van der Waals surface area contributed by atoms with Crippen LogP contribution in [0.4, 0.5) is 5.69 Å². The van der Waals surface area contributed by atoms with Crippen molar-refractivity contribution >= 4 is 39.2 Å². The maximum absolute atomic E-state index is 13.3. The van der Waals surface area contributed by atoms with Gasteiger partial charge in [0.25, 0.3) is 0 Å². The summed E-state index contributed by atoms with van der Waals surface area (Å²) in [5, 5.41) is 12.0. The first-order chi connectivity index (χ1) is 14.5. The lowest BCUT2D eigenvalue weighted by Crippen LogP contribution is -2.24. The molecule has 30 heavy (non-hydrogen) atoms. The van der Waals surface area contributed by atoms with Crippen LogP contribution in [0.2, 0.25) is 0 Å². The normalized spacial score (nSPS) is 17.5. The van der Waals surface area contributed by atoms with Gasteiger partial charge in [-0.3, -0.25) is 9.79 Å². The van der Waals surface area contributed by atoms with E-state index < -0.39 is 0 Å². The molecule has 4 nitrogen and oxygen atoms in total. The Labute approximate surface area is 176 Å². The van der Waals surface area contributed by atoms with Gasteiger partial charge in [0, 0.05) is 45.6 Å². The summed E-state index contributed by atoms with van der Waals surface area (Å²) in [5.74, 6) is -0.0331. The van der Waals surface area contributed by atoms with Crippen LogP contribution in [0.15, 0.2) is 64.9 Å². The van der Waals surface area contributed by atoms with Crippen LogP contribution in [0.1, 0.15) is 44.5 Å². The molecule has 0 fully saturated rings. The second kappa shape index (κ2) is 7.45. The van der Waals surface area contributed by atoms with E-state index in [2.05, 4.69) is 22.5 Å². The molecule has 0 bridgehead atoms. The number of Topliss-reactive ketones (excluding diaryl/α,β-unsaturated/α-hetero) is 1. The molecule has 0 saturated carbocycles. The Hall–Kier alpha value is -3.40. The quantitative estimate of drug-likeness (QED) is 0.507. The van der Waals surface area contributed by atoms with Gasteiger partial charge in [0.1, 0.15) is 5.76 Å². The summed E-state index contributed by atoms with van der Waals surface area (Å²) < 4.78 is 2.18. The Bertz CT molecular complexity index is 1290. The third-order valence-electron chi connectivity index (χ3n) is 5.80. The van der Waals surface area contributed by atoms with Crippen molar-refractivity contribution in [1.82, 2.24) is 4.57 Å². The van der Waals surface area contributed by atoms with E-state index >= 15 is 0 Å². The molecule has 0 saturated heterocycles. The largest absolute Gasteiger partial charge is 0.506 e. The van der Waals surface area contributed by atoms with Crippen molar-refractivity contribution in [3.05, 3.63) is 76.7 Å². The lowest BCUT2D eigenvalue weighted by atomic mass is 9.78. The Balaban J connectivity index is 0.00000106. The number of fused-ring (bicyclic) bond motifs is 2. The van der Waals surface area contributed by atoms with E-state index in [4.69, 9.17) is 0 Å². The molecule has 2 aromatic carbocycles. The predicted molar refractivity (Wildman–Crippen MR) is 124 cm³/mol. The highest BCUT2D eigenvalue weighted by atomic mass is 16.3. The number of nitrogens with zero attached hydrogens (tertiary/aromatic N) is 2. The van der Waals surface area contributed by atoms with E-state index in [1.165, 1.54) is 0 Å². The molecule has 2 heterocycles. The summed E-state index contributed by atoms with van der Waals surface area (Å²) >= 11 is 0. The number of ketones is 1. The number of carbonyl (C=O) groups is 1. The molecule has 1 aliphatic carbocycles. The van der Waals surface area contributed by atoms with Gasteiger partial charge >= 0.3 is 0 Å². The van der Waals surface area contributed by atoms with Gasteiger partial charge in [-0.1, -0.05) is 50.2 Å². The van der Waals surface area contributed by atoms with E-state index in [1.807, 2.05) is 70.2 Å². The zero-order valence-electron chi connectivity index (χ0n) is 18.1. The van der Waals surface area contributed by atoms with Gasteiger partial charge in [0.15, 0.2) is 0 Å². The fourth-order valence-electron chi connectivity index (χ4n) is 4.55. The van der Waals surface area contributed by atoms with Crippen LogP contribution in [0.3, 0.4) is 0 Å². The Morgan fingerprint density at radius 2 is 1.60 bits per heavy atom. The van der Waals surface area contributed by atoms with Gasteiger partial charge in [-0.2, -0.15) is 0 Å². The number of rotatable bonds is 2. The van der Waals surface area contributed by atoms with Gasteiger partial charge < -0.3 is 9.67 Å². The number of aliphatic imine (C=N–C) groups is 1. The van der Waals surface area contributed by atoms with Crippen LogP contribution in [0, 0.1) is 6.92 Å². The molecule has 0 atom stereocenters. The highest BCUT2D eigenvalue weighted by Crippen LogP contribution is 2.47. The summed E-state index contributed by atoms with van der Waals surface area (Å²) in [7, 11) is 0. The van der Waals surface area contributed by atoms with Crippen molar-refractivity contribution in [2.24, 2.45) is 4.99 Å². The highest BCUT2D eigenvalue weighted by Gasteiger charge is 2.41. The predicted octanol–water partition coefficient (Wildman–Crippen LogP) is 6.41. The Morgan fingerprint density at radius 1 is 0.933 bits per heavy atom. The standard InChI is InChI=1S/C24H20N2O2.C2H6/c1-4-26-14(3)20(16-10-6-8-12-18(16)26)22-23(27)21(24(22)28)19-13(2)25-17-11-7-5-9-15(17)19;1-2/h5-12,27H,4H2,1-3H3;1-2H3/b21-19+;. The molecular formula is C26H26N2O2. The number of carbonyl (C=O) groups excluding carboxylic acids is 1. The van der Waals surface area contributed by atoms with Crippen molar-refractivity contribution in [3.63, 3.8) is 0 Å². The lowest BCUT2D eigenvalue weighted by molar-refractivity contribution is -0.111. The molecule has 1 aliphatic heterocycles. The molecule has 2 aliphatic rings. The zero-order chi connectivity index (χ0) is 21.6. The number of hydrogen-bond donors (Lipinski definition) is 1. The van der Waals surface area contributed by atoms with Crippen LogP contribution in [-0.4, -0.2) is 21.2 Å². The highest BCUT2D eigenvalue weighted by molar-refractivity contribution is 6.47. The smallest absolute Gasteiger partial charge is 0.201 e. The molecule has 4 heteroatoms. The number of aliphatic hydroxyl groups excluding tert-OH is 1. The molecule has 0 spiro atoms. The molecule has 0 radical (unpaired) electrons. The third-order valence-corrected chi connectivity index (χ3v) is 5.80. The first-order valence-electron chi connectivity index (χ1n) is 10.5. The molecule has 1 aromatic heterocycles. The number of para-hydroxylation sites is 2. The minimum atomic E-state index is -0.110. The van der Waals surface area contributed by atoms with Crippen molar-refractivity contribution in [2.75, 3.05) is 0 Å². The van der Waals surface area contributed by atoms with Crippen LogP contribution < -0.4 is 0 Å². The first-order valence-corrected chi connectivity index (χ1v) is 10.5. The van der Waals surface area contributed by atoms with E-state index in [-0.39, 0.29) is 11.5 Å². The van der Waals surface area contributed by atoms with E-state index in [1.54, 1.807) is 0 Å². The average Bonchev–Trinajstić information content (AvgIpc) is 3.24. The van der Waals surface area contributed by atoms with E-state index in [0.29, 0.717) is 11.1 Å². The topological polar surface area (TPSA) is 54.6 Å². The van der Waals surface area contributed by atoms with Crippen molar-refractivity contribution < 1.29 is 9.90 Å². The van der Waals surface area contributed by atoms with Gasteiger partial charge in [-0.05, 0) is 32.9 Å². The SMILES string of the molecule is CC.CCn1c(C)c(C2=C(O)/C(=C3/C(C)=Nc4ccccc43)C2=O)c2ccccc21. The number of aliphatic hydroxyl groups is 1. The van der Waals surface area contributed by atoms with Gasteiger partial charge in [0.2, 0.25) is 5.78 Å². The summed E-state index contributed by atoms with van der Waals surface area (Å²) in [4.78, 5) is 17.8. The molecule has 0 unspecified atom stereocenters. The Kier molecular flexibility index (Phi) is 4.94. The molecule has 5 rings (SSSR count). The monoisotopic (exact) mass is 398 g/mol. The number of hydrogen-bond acceptors (Lipinski definition) is 3. The number of allylic oxidation sites excluding steroid dienone is 3. The third kappa shape index (κ3) is 2.60. The van der Waals surface area contributed by atoms with Crippen LogP contribution >= 0.6 is 0 Å². The fourth-order valence-corrected chi connectivity index (χ4v) is 4.55. The van der Waals surface area contributed by atoms with Crippen LogP contribution in [0.5, 0.6) is 0 Å². The summed E-state index contributed by atoms with van der Waals surface area (Å²) in [6, 6.07) is 15.8. The fraction of sp³-hybridized carbons (Fsp3) is 0.231. The van der Waals surface area contributed by atoms with E-state index in [0.717, 1.165) is 51.2 Å². The maximum Gasteiger partial charge on any atom is 0.201 e. The summed E-state index contributed by atoms with van der Waals surface area (Å²) in [6.07, 6.45) is 0. The molecular weight excluding hydrogens is 372 g/mol. The number of benzene rings is 2. The number of aromatic nitrogens is 1. The minimum Gasteiger partial charge on any atom is -0.506 e. The van der Waals surface area contributed by atoms with Gasteiger partial charge in [0.05, 0.1) is 16.8 Å². The maximum atomic E-state index is 13.3. The number of aryl methyl sites for hydroxylation is 1.